The smallest absolute Gasteiger partial charge is 0.310 e. The second-order valence-corrected chi connectivity index (χ2v) is 24.1. The average Bonchev–Trinajstić information content (AvgIpc) is 3.37. The van der Waals surface area contributed by atoms with Gasteiger partial charge in [0, 0.05) is 11.1 Å². The zero-order valence-corrected chi connectivity index (χ0v) is 44.2. The molecule has 0 spiro atoms. The third-order valence-electron chi connectivity index (χ3n) is 19.3. The van der Waals surface area contributed by atoms with Crippen LogP contribution in [0.25, 0.3) is 0 Å². The van der Waals surface area contributed by atoms with E-state index in [4.69, 9.17) is 9.47 Å². The maximum absolute atomic E-state index is 14.0. The lowest BCUT2D eigenvalue weighted by Gasteiger charge is -2.41. The molecule has 0 radical (unpaired) electrons. The summed E-state index contributed by atoms with van der Waals surface area (Å²) in [6.07, 6.45) is 43.4. The highest BCUT2D eigenvalue weighted by Crippen LogP contribution is 2.47. The van der Waals surface area contributed by atoms with E-state index in [1.54, 1.807) is 0 Å². The predicted molar refractivity (Wildman–Crippen MR) is 282 cm³/mol. The van der Waals surface area contributed by atoms with Crippen LogP contribution in [0.3, 0.4) is 0 Å². The van der Waals surface area contributed by atoms with Crippen LogP contribution in [0, 0.1) is 82.9 Å². The second-order valence-electron chi connectivity index (χ2n) is 24.1. The molecule has 1 aromatic carbocycles. The van der Waals surface area contributed by atoms with Gasteiger partial charge in [-0.25, -0.2) is 0 Å². The van der Waals surface area contributed by atoms with E-state index in [0.29, 0.717) is 0 Å². The lowest BCUT2D eigenvalue weighted by Crippen LogP contribution is -2.41. The Hall–Kier alpha value is -2.72. The van der Waals surface area contributed by atoms with E-state index in [0.717, 1.165) is 161 Å². The fourth-order valence-corrected chi connectivity index (χ4v) is 14.7. The number of hydrogen-bond donors (Lipinski definition) is 0. The van der Waals surface area contributed by atoms with Gasteiger partial charge in [0.15, 0.2) is 11.2 Å². The predicted octanol–water partition coefficient (Wildman–Crippen LogP) is 17.3. The first-order valence-electron chi connectivity index (χ1n) is 29.8. The van der Waals surface area contributed by atoms with Crippen molar-refractivity contribution in [2.24, 2.45) is 59.2 Å². The summed E-state index contributed by atoms with van der Waals surface area (Å²) in [5.74, 6) is 20.8. The van der Waals surface area contributed by atoms with Crippen molar-refractivity contribution in [2.45, 2.75) is 270 Å². The van der Waals surface area contributed by atoms with Crippen LogP contribution in [0.15, 0.2) is 24.3 Å². The summed E-state index contributed by atoms with van der Waals surface area (Å²) in [6, 6.07) is 8.37. The standard InChI is InChI=1S/C64H98O4/c1-5-9-11-15-51-21-29-55(30-22-51)57-39-45-63(46-40-57,67-61(65)59-33-25-49(13-7-3)26-34-59)43-37-53-17-19-54(20-18-53)38-44-64(68-62(66)60-35-27-50(14-8-4)28-36-60)47-41-58(42-48-64)56-31-23-52(24-32-56)16-12-10-6-2/h17-20,49-52,55-60H,5-16,21-36,39-42,45-48H2,1-4H3. The third-order valence-corrected chi connectivity index (χ3v) is 19.3. The van der Waals surface area contributed by atoms with Gasteiger partial charge in [-0.2, -0.15) is 0 Å². The van der Waals surface area contributed by atoms with Crippen LogP contribution in [-0.2, 0) is 19.1 Å². The minimum atomic E-state index is -0.706. The van der Waals surface area contributed by atoms with Gasteiger partial charge in [0.1, 0.15) is 0 Å². The van der Waals surface area contributed by atoms with E-state index in [-0.39, 0.29) is 23.8 Å². The molecule has 0 aromatic heterocycles. The number of unbranched alkanes of at least 4 members (excludes halogenated alkanes) is 4. The first kappa shape index (κ1) is 53.1. The molecule has 6 aliphatic rings. The number of carbonyl (C=O) groups excluding carboxylic acids is 2. The summed E-state index contributed by atoms with van der Waals surface area (Å²) < 4.78 is 13.3. The normalized spacial score (nSPS) is 34.4. The van der Waals surface area contributed by atoms with Gasteiger partial charge in [0.2, 0.25) is 0 Å². The molecule has 0 bridgehead atoms. The Morgan fingerprint density at radius 2 is 0.721 bits per heavy atom. The average molecular weight is 931 g/mol. The van der Waals surface area contributed by atoms with Crippen molar-refractivity contribution in [3.05, 3.63) is 35.4 Å². The number of ether oxygens (including phenoxy) is 2. The lowest BCUT2D eigenvalue weighted by molar-refractivity contribution is -0.165. The van der Waals surface area contributed by atoms with Crippen LogP contribution in [0.1, 0.15) is 270 Å². The summed E-state index contributed by atoms with van der Waals surface area (Å²) in [6.45, 7) is 9.18. The molecule has 0 atom stereocenters. The Balaban J connectivity index is 1.01. The fourth-order valence-electron chi connectivity index (χ4n) is 14.7. The zero-order chi connectivity index (χ0) is 47.6. The molecule has 378 valence electrons. The Morgan fingerprint density at radius 1 is 0.412 bits per heavy atom. The number of hydrogen-bond acceptors (Lipinski definition) is 4. The van der Waals surface area contributed by atoms with Crippen LogP contribution in [0.5, 0.6) is 0 Å². The lowest BCUT2D eigenvalue weighted by atomic mass is 9.67. The molecule has 6 aliphatic carbocycles. The van der Waals surface area contributed by atoms with Crippen LogP contribution in [-0.4, -0.2) is 23.1 Å². The highest BCUT2D eigenvalue weighted by molar-refractivity contribution is 5.74. The summed E-state index contributed by atoms with van der Waals surface area (Å²) in [7, 11) is 0. The minimum Gasteiger partial charge on any atom is -0.446 e. The van der Waals surface area contributed by atoms with E-state index >= 15 is 0 Å². The van der Waals surface area contributed by atoms with Gasteiger partial charge in [-0.05, 0) is 212 Å². The van der Waals surface area contributed by atoms with Crippen molar-refractivity contribution in [1.82, 2.24) is 0 Å². The highest BCUT2D eigenvalue weighted by Gasteiger charge is 2.44. The van der Waals surface area contributed by atoms with Crippen LogP contribution in [0.2, 0.25) is 0 Å². The Bertz CT molecular complexity index is 1620. The minimum absolute atomic E-state index is 0.00364. The van der Waals surface area contributed by atoms with E-state index in [1.165, 1.54) is 128 Å². The van der Waals surface area contributed by atoms with Crippen molar-refractivity contribution in [3.8, 4) is 23.7 Å². The van der Waals surface area contributed by atoms with Gasteiger partial charge in [-0.1, -0.05) is 142 Å². The Labute approximate surface area is 417 Å². The summed E-state index contributed by atoms with van der Waals surface area (Å²) in [5, 5.41) is 0. The first-order chi connectivity index (χ1) is 33.2. The molecule has 0 amide bonds. The van der Waals surface area contributed by atoms with E-state index in [1.807, 2.05) is 0 Å². The molecular formula is C64H98O4. The van der Waals surface area contributed by atoms with E-state index in [2.05, 4.69) is 75.6 Å². The molecule has 0 aliphatic heterocycles. The number of rotatable bonds is 18. The first-order valence-corrected chi connectivity index (χ1v) is 29.8. The molecule has 7 rings (SSSR count). The van der Waals surface area contributed by atoms with Crippen molar-refractivity contribution in [3.63, 3.8) is 0 Å². The van der Waals surface area contributed by atoms with Gasteiger partial charge in [-0.15, -0.1) is 0 Å². The van der Waals surface area contributed by atoms with Crippen molar-refractivity contribution >= 4 is 11.9 Å². The topological polar surface area (TPSA) is 52.6 Å². The molecule has 1 aromatic rings. The largest absolute Gasteiger partial charge is 0.446 e. The molecule has 6 fully saturated rings. The maximum Gasteiger partial charge on any atom is 0.310 e. The van der Waals surface area contributed by atoms with Crippen LogP contribution in [0.4, 0.5) is 0 Å². The van der Waals surface area contributed by atoms with Crippen LogP contribution >= 0.6 is 0 Å². The Kier molecular flexibility index (Phi) is 21.2. The molecule has 4 nitrogen and oxygen atoms in total. The monoisotopic (exact) mass is 931 g/mol. The quantitative estimate of drug-likeness (QED) is 0.0836. The van der Waals surface area contributed by atoms with Gasteiger partial charge >= 0.3 is 11.9 Å². The number of benzene rings is 1. The van der Waals surface area contributed by atoms with Crippen LogP contribution < -0.4 is 0 Å². The molecule has 0 heterocycles. The zero-order valence-electron chi connectivity index (χ0n) is 44.2. The fraction of sp³-hybridized carbons (Fsp3) is 0.812. The van der Waals surface area contributed by atoms with E-state index in [9.17, 15) is 9.59 Å². The van der Waals surface area contributed by atoms with Gasteiger partial charge < -0.3 is 9.47 Å². The molecule has 68 heavy (non-hydrogen) atoms. The van der Waals surface area contributed by atoms with Gasteiger partial charge in [-0.3, -0.25) is 9.59 Å². The maximum atomic E-state index is 14.0. The second kappa shape index (κ2) is 27.2. The van der Waals surface area contributed by atoms with Gasteiger partial charge in [0.25, 0.3) is 0 Å². The highest BCUT2D eigenvalue weighted by atomic mass is 16.6. The number of esters is 2. The van der Waals surface area contributed by atoms with Crippen molar-refractivity contribution < 1.29 is 19.1 Å². The Morgan fingerprint density at radius 3 is 1.04 bits per heavy atom. The molecule has 0 saturated heterocycles. The third kappa shape index (κ3) is 15.6. The van der Waals surface area contributed by atoms with E-state index < -0.39 is 11.2 Å². The van der Waals surface area contributed by atoms with Crippen molar-refractivity contribution in [2.75, 3.05) is 0 Å². The molecule has 0 N–H and O–H groups in total. The summed E-state index contributed by atoms with van der Waals surface area (Å²) in [4.78, 5) is 27.9. The molecular weight excluding hydrogens is 833 g/mol. The number of carbonyl (C=O) groups is 2. The SMILES string of the molecule is CCCCCC1CCC(C2CCC(C#Cc3ccc(C#CC4(OC(=O)C5CCC(CCC)CC5)CCC(C5CCC(CCCCC)CC5)CC4)cc3)(OC(=O)C3CCC(CCC)CC3)CC2)CC1. The van der Waals surface area contributed by atoms with Crippen molar-refractivity contribution in [1.29, 1.82) is 0 Å². The molecule has 0 unspecified atom stereocenters. The molecule has 6 saturated carbocycles. The summed E-state index contributed by atoms with van der Waals surface area (Å²) >= 11 is 0. The summed E-state index contributed by atoms with van der Waals surface area (Å²) in [5.41, 5.74) is 0.467. The van der Waals surface area contributed by atoms with Gasteiger partial charge in [0.05, 0.1) is 11.8 Å². The molecule has 4 heteroatoms.